The van der Waals surface area contributed by atoms with Crippen molar-refractivity contribution in [2.45, 2.75) is 71.1 Å². The van der Waals surface area contributed by atoms with Crippen molar-refractivity contribution in [2.24, 2.45) is 0 Å². The third-order valence-corrected chi connectivity index (χ3v) is 3.67. The van der Waals surface area contributed by atoms with Crippen molar-refractivity contribution in [3.63, 3.8) is 0 Å². The SMILES string of the molecule is CC[C@@H](/C=C/C(=O)O)NC(=O)[C@@H]1CCCCN1C(=O)OC(C)(C)C. The Morgan fingerprint density at radius 3 is 2.54 bits per heavy atom. The Labute approximate surface area is 143 Å². The highest BCUT2D eigenvalue weighted by molar-refractivity contribution is 5.86. The van der Waals surface area contributed by atoms with Gasteiger partial charge in [-0.05, 0) is 46.5 Å². The Balaban J connectivity index is 2.77. The van der Waals surface area contributed by atoms with Gasteiger partial charge in [0.2, 0.25) is 5.91 Å². The Hall–Kier alpha value is -2.05. The molecule has 1 saturated heterocycles. The number of amides is 2. The van der Waals surface area contributed by atoms with E-state index in [0.29, 0.717) is 19.4 Å². The molecule has 2 N–H and O–H groups in total. The minimum absolute atomic E-state index is 0.276. The molecular weight excluding hydrogens is 312 g/mol. The van der Waals surface area contributed by atoms with Crippen LogP contribution >= 0.6 is 0 Å². The van der Waals surface area contributed by atoms with Crippen molar-refractivity contribution in [3.05, 3.63) is 12.2 Å². The predicted molar refractivity (Wildman–Crippen MR) is 89.6 cm³/mol. The van der Waals surface area contributed by atoms with Crippen molar-refractivity contribution in [1.82, 2.24) is 10.2 Å². The maximum Gasteiger partial charge on any atom is 0.410 e. The van der Waals surface area contributed by atoms with E-state index in [1.165, 1.54) is 11.0 Å². The number of aliphatic carboxylic acids is 1. The van der Waals surface area contributed by atoms with Crippen LogP contribution in [0.25, 0.3) is 0 Å². The van der Waals surface area contributed by atoms with Gasteiger partial charge < -0.3 is 15.2 Å². The van der Waals surface area contributed by atoms with Crippen molar-refractivity contribution in [3.8, 4) is 0 Å². The van der Waals surface area contributed by atoms with Gasteiger partial charge in [0.05, 0.1) is 0 Å². The Morgan fingerprint density at radius 2 is 2.00 bits per heavy atom. The fraction of sp³-hybridized carbons (Fsp3) is 0.706. The molecule has 136 valence electrons. The third kappa shape index (κ3) is 6.60. The average molecular weight is 340 g/mol. The second-order valence-corrected chi connectivity index (χ2v) is 6.91. The molecule has 0 bridgehead atoms. The van der Waals surface area contributed by atoms with E-state index in [9.17, 15) is 14.4 Å². The number of piperidine rings is 1. The molecule has 0 aliphatic carbocycles. The number of carboxylic acids is 1. The summed E-state index contributed by atoms with van der Waals surface area (Å²) in [4.78, 5) is 37.0. The third-order valence-electron chi connectivity index (χ3n) is 3.67. The molecule has 7 heteroatoms. The predicted octanol–water partition coefficient (Wildman–Crippen LogP) is 2.31. The molecule has 0 saturated carbocycles. The van der Waals surface area contributed by atoms with Gasteiger partial charge in [0.1, 0.15) is 11.6 Å². The molecule has 0 spiro atoms. The van der Waals surface area contributed by atoms with Crippen LogP contribution in [0.2, 0.25) is 0 Å². The van der Waals surface area contributed by atoms with Gasteiger partial charge in [-0.3, -0.25) is 9.69 Å². The van der Waals surface area contributed by atoms with Gasteiger partial charge in [0.25, 0.3) is 0 Å². The number of ether oxygens (including phenoxy) is 1. The van der Waals surface area contributed by atoms with Crippen molar-refractivity contribution >= 4 is 18.0 Å². The maximum atomic E-state index is 12.6. The lowest BCUT2D eigenvalue weighted by atomic mass is 10.0. The first-order chi connectivity index (χ1) is 11.1. The zero-order chi connectivity index (χ0) is 18.3. The molecule has 2 atom stereocenters. The van der Waals surface area contributed by atoms with Crippen LogP contribution in [-0.2, 0) is 14.3 Å². The molecule has 0 aromatic rings. The molecule has 0 unspecified atom stereocenters. The largest absolute Gasteiger partial charge is 0.478 e. The molecule has 1 fully saturated rings. The lowest BCUT2D eigenvalue weighted by Gasteiger charge is -2.36. The summed E-state index contributed by atoms with van der Waals surface area (Å²) in [5.74, 6) is -1.34. The van der Waals surface area contributed by atoms with Gasteiger partial charge in [-0.1, -0.05) is 13.0 Å². The van der Waals surface area contributed by atoms with Gasteiger partial charge >= 0.3 is 12.1 Å². The van der Waals surface area contributed by atoms with E-state index in [2.05, 4.69) is 5.32 Å². The summed E-state index contributed by atoms with van der Waals surface area (Å²) in [5, 5.41) is 11.5. The van der Waals surface area contributed by atoms with E-state index in [1.54, 1.807) is 20.8 Å². The van der Waals surface area contributed by atoms with Gasteiger partial charge in [-0.25, -0.2) is 9.59 Å². The van der Waals surface area contributed by atoms with Crippen LogP contribution in [0.1, 0.15) is 53.4 Å². The second-order valence-electron chi connectivity index (χ2n) is 6.91. The van der Waals surface area contributed by atoms with Gasteiger partial charge in [-0.15, -0.1) is 0 Å². The molecule has 2 amide bonds. The highest BCUT2D eigenvalue weighted by atomic mass is 16.6. The Kier molecular flexibility index (Phi) is 7.25. The second kappa shape index (κ2) is 8.70. The zero-order valence-corrected chi connectivity index (χ0v) is 14.9. The molecule has 1 aliphatic heterocycles. The summed E-state index contributed by atoms with van der Waals surface area (Å²) in [7, 11) is 0. The minimum atomic E-state index is -1.06. The van der Waals surface area contributed by atoms with E-state index in [-0.39, 0.29) is 11.9 Å². The number of carbonyl (C=O) groups excluding carboxylic acids is 2. The summed E-state index contributed by atoms with van der Waals surface area (Å²) in [6.07, 6.45) is 4.80. The summed E-state index contributed by atoms with van der Waals surface area (Å²) in [6, 6.07) is -0.961. The van der Waals surface area contributed by atoms with E-state index >= 15 is 0 Å². The average Bonchev–Trinajstić information content (AvgIpc) is 2.49. The summed E-state index contributed by atoms with van der Waals surface area (Å²) in [6.45, 7) is 7.69. The molecule has 1 aliphatic rings. The van der Waals surface area contributed by atoms with Crippen molar-refractivity contribution < 1.29 is 24.2 Å². The van der Waals surface area contributed by atoms with Gasteiger partial charge in [-0.2, -0.15) is 0 Å². The molecule has 1 rings (SSSR count). The van der Waals surface area contributed by atoms with Crippen LogP contribution in [0.5, 0.6) is 0 Å². The highest BCUT2D eigenvalue weighted by Crippen LogP contribution is 2.21. The van der Waals surface area contributed by atoms with Crippen molar-refractivity contribution in [2.75, 3.05) is 6.54 Å². The Bertz CT molecular complexity index is 496. The molecule has 0 aromatic heterocycles. The number of nitrogens with one attached hydrogen (secondary N) is 1. The summed E-state index contributed by atoms with van der Waals surface area (Å²) in [5.41, 5.74) is -0.619. The van der Waals surface area contributed by atoms with Crippen LogP contribution in [0.3, 0.4) is 0 Å². The first-order valence-electron chi connectivity index (χ1n) is 8.35. The number of hydrogen-bond acceptors (Lipinski definition) is 4. The summed E-state index contributed by atoms with van der Waals surface area (Å²) < 4.78 is 5.38. The van der Waals surface area contributed by atoms with Gasteiger partial charge in [0.15, 0.2) is 0 Å². The van der Waals surface area contributed by atoms with E-state index in [1.807, 2.05) is 6.92 Å². The van der Waals surface area contributed by atoms with E-state index in [0.717, 1.165) is 18.9 Å². The van der Waals surface area contributed by atoms with Crippen LogP contribution in [0, 0.1) is 0 Å². The molecule has 24 heavy (non-hydrogen) atoms. The van der Waals surface area contributed by atoms with E-state index in [4.69, 9.17) is 9.84 Å². The number of hydrogen-bond donors (Lipinski definition) is 2. The number of carboxylic acid groups (broad SMARTS) is 1. The molecule has 1 heterocycles. The number of carbonyl (C=O) groups is 3. The maximum absolute atomic E-state index is 12.6. The molecule has 0 aromatic carbocycles. The standard InChI is InChI=1S/C17H28N2O5/c1-5-12(9-10-14(20)21)18-15(22)13-8-6-7-11-19(13)16(23)24-17(2,3)4/h9-10,12-13H,5-8,11H2,1-4H3,(H,18,22)(H,20,21)/b10-9+/t12-,13-/m0/s1. The first kappa shape index (κ1) is 20.0. The Morgan fingerprint density at radius 1 is 1.33 bits per heavy atom. The monoisotopic (exact) mass is 340 g/mol. The topological polar surface area (TPSA) is 95.9 Å². The lowest BCUT2D eigenvalue weighted by molar-refractivity contribution is -0.131. The van der Waals surface area contributed by atoms with Gasteiger partial charge in [0, 0.05) is 18.7 Å². The normalized spacial score (nSPS) is 19.8. The fourth-order valence-electron chi connectivity index (χ4n) is 2.51. The summed E-state index contributed by atoms with van der Waals surface area (Å²) >= 11 is 0. The molecule has 0 radical (unpaired) electrons. The lowest BCUT2D eigenvalue weighted by Crippen LogP contribution is -2.54. The van der Waals surface area contributed by atoms with E-state index < -0.39 is 23.7 Å². The van der Waals surface area contributed by atoms with Crippen molar-refractivity contribution in [1.29, 1.82) is 0 Å². The van der Waals surface area contributed by atoms with Crippen LogP contribution in [-0.4, -0.2) is 52.2 Å². The first-order valence-corrected chi connectivity index (χ1v) is 8.35. The number of likely N-dealkylation sites (tertiary alicyclic amines) is 1. The quantitative estimate of drug-likeness (QED) is 0.749. The van der Waals surface area contributed by atoms with Crippen LogP contribution in [0.4, 0.5) is 4.79 Å². The van der Waals surface area contributed by atoms with Crippen LogP contribution in [0.15, 0.2) is 12.2 Å². The molecular formula is C17H28N2O5. The number of nitrogens with zero attached hydrogens (tertiary/aromatic N) is 1. The smallest absolute Gasteiger partial charge is 0.410 e. The zero-order valence-electron chi connectivity index (χ0n) is 14.9. The highest BCUT2D eigenvalue weighted by Gasteiger charge is 2.35. The fourth-order valence-corrected chi connectivity index (χ4v) is 2.51. The minimum Gasteiger partial charge on any atom is -0.478 e. The number of rotatable bonds is 5. The molecule has 7 nitrogen and oxygen atoms in total. The van der Waals surface area contributed by atoms with Crippen LogP contribution < -0.4 is 5.32 Å².